The third-order valence-corrected chi connectivity index (χ3v) is 3.13. The summed E-state index contributed by atoms with van der Waals surface area (Å²) in [7, 11) is 0. The van der Waals surface area contributed by atoms with Gasteiger partial charge in [-0.25, -0.2) is 8.78 Å². The zero-order valence-corrected chi connectivity index (χ0v) is 11.3. The summed E-state index contributed by atoms with van der Waals surface area (Å²) in [5.74, 6) is -1.81. The van der Waals surface area contributed by atoms with Crippen molar-refractivity contribution in [2.24, 2.45) is 0 Å². The first-order valence-electron chi connectivity index (χ1n) is 5.70. The van der Waals surface area contributed by atoms with Crippen LogP contribution >= 0.6 is 11.6 Å². The van der Waals surface area contributed by atoms with Gasteiger partial charge in [-0.2, -0.15) is 0 Å². The number of nitrogen functional groups attached to an aromatic ring is 1. The number of hydrogen-bond acceptors (Lipinski definition) is 2. The van der Waals surface area contributed by atoms with Crippen LogP contribution in [0.3, 0.4) is 0 Å². The Morgan fingerprint density at radius 1 is 1.20 bits per heavy atom. The van der Waals surface area contributed by atoms with Crippen molar-refractivity contribution in [3.63, 3.8) is 0 Å². The molecule has 0 aliphatic heterocycles. The number of benzene rings is 2. The summed E-state index contributed by atoms with van der Waals surface area (Å²) in [6.45, 7) is 1.51. The summed E-state index contributed by atoms with van der Waals surface area (Å²) in [5.41, 5.74) is 6.33. The predicted molar refractivity (Wildman–Crippen MR) is 74.9 cm³/mol. The fraction of sp³-hybridized carbons (Fsp3) is 0.0714. The quantitative estimate of drug-likeness (QED) is 0.829. The van der Waals surface area contributed by atoms with E-state index in [1.807, 2.05) is 0 Å². The highest BCUT2D eigenvalue weighted by atomic mass is 35.5. The Labute approximate surface area is 119 Å². The fourth-order valence-corrected chi connectivity index (χ4v) is 1.73. The van der Waals surface area contributed by atoms with Gasteiger partial charge in [0.2, 0.25) is 0 Å². The molecule has 2 aromatic rings. The minimum atomic E-state index is -0.654. The van der Waals surface area contributed by atoms with Gasteiger partial charge < -0.3 is 11.1 Å². The molecule has 1 amide bonds. The molecule has 104 valence electrons. The average molecular weight is 297 g/mol. The lowest BCUT2D eigenvalue weighted by molar-refractivity contribution is 0.102. The largest absolute Gasteiger partial charge is 0.398 e. The van der Waals surface area contributed by atoms with Crippen LogP contribution in [0.4, 0.5) is 20.2 Å². The zero-order chi connectivity index (χ0) is 14.9. The summed E-state index contributed by atoms with van der Waals surface area (Å²) < 4.78 is 26.8. The third-order valence-electron chi connectivity index (χ3n) is 2.82. The number of carbonyl (C=O) groups excluding carboxylic acids is 1. The van der Waals surface area contributed by atoms with Crippen molar-refractivity contribution in [3.05, 3.63) is 58.1 Å². The van der Waals surface area contributed by atoms with Crippen molar-refractivity contribution in [2.45, 2.75) is 6.92 Å². The third kappa shape index (κ3) is 2.88. The lowest BCUT2D eigenvalue weighted by atomic mass is 10.1. The molecule has 3 nitrogen and oxygen atoms in total. The van der Waals surface area contributed by atoms with E-state index in [2.05, 4.69) is 5.32 Å². The van der Waals surface area contributed by atoms with Crippen LogP contribution in [0.15, 0.2) is 30.3 Å². The van der Waals surface area contributed by atoms with E-state index >= 15 is 0 Å². The second-order valence-electron chi connectivity index (χ2n) is 4.26. The Morgan fingerprint density at radius 3 is 2.50 bits per heavy atom. The molecule has 0 aliphatic rings. The molecule has 0 fully saturated rings. The van der Waals surface area contributed by atoms with Crippen LogP contribution in [0.25, 0.3) is 0 Å². The lowest BCUT2D eigenvalue weighted by Gasteiger charge is -2.08. The highest BCUT2D eigenvalue weighted by Gasteiger charge is 2.12. The van der Waals surface area contributed by atoms with Crippen LogP contribution in [0.5, 0.6) is 0 Å². The second-order valence-corrected chi connectivity index (χ2v) is 4.66. The van der Waals surface area contributed by atoms with Gasteiger partial charge in [0.15, 0.2) is 0 Å². The van der Waals surface area contributed by atoms with E-state index in [1.165, 1.54) is 25.1 Å². The standard InChI is InChI=1S/C14H11ClF2N2O/c1-7-11(16)4-8(5-13(7)18)14(20)19-9-2-3-10(15)12(17)6-9/h2-6H,18H2,1H3,(H,19,20). The molecule has 0 aliphatic carbocycles. The monoisotopic (exact) mass is 296 g/mol. The van der Waals surface area contributed by atoms with Gasteiger partial charge in [0, 0.05) is 22.5 Å². The topological polar surface area (TPSA) is 55.1 Å². The van der Waals surface area contributed by atoms with Crippen molar-refractivity contribution in [2.75, 3.05) is 11.1 Å². The highest BCUT2D eigenvalue weighted by Crippen LogP contribution is 2.21. The smallest absolute Gasteiger partial charge is 0.255 e. The molecule has 6 heteroatoms. The molecule has 3 N–H and O–H groups in total. The van der Waals surface area contributed by atoms with E-state index in [9.17, 15) is 13.6 Å². The van der Waals surface area contributed by atoms with Gasteiger partial charge in [-0.05, 0) is 37.3 Å². The van der Waals surface area contributed by atoms with E-state index in [4.69, 9.17) is 17.3 Å². The molecule has 0 saturated heterocycles. The van der Waals surface area contributed by atoms with Gasteiger partial charge in [-0.3, -0.25) is 4.79 Å². The first-order chi connectivity index (χ1) is 9.38. The SMILES string of the molecule is Cc1c(N)cc(C(=O)Nc2ccc(Cl)c(F)c2)cc1F. The van der Waals surface area contributed by atoms with Crippen molar-refractivity contribution >= 4 is 28.9 Å². The zero-order valence-electron chi connectivity index (χ0n) is 10.5. The second kappa shape index (κ2) is 5.46. The fourth-order valence-electron chi connectivity index (χ4n) is 1.61. The molecular formula is C14H11ClF2N2O. The molecule has 2 rings (SSSR count). The van der Waals surface area contributed by atoms with E-state index in [1.54, 1.807) is 0 Å². The molecule has 0 unspecified atom stereocenters. The first-order valence-corrected chi connectivity index (χ1v) is 6.08. The number of halogens is 3. The summed E-state index contributed by atoms with van der Waals surface area (Å²) >= 11 is 5.54. The number of anilines is 2. The van der Waals surface area contributed by atoms with Crippen LogP contribution in [-0.2, 0) is 0 Å². The van der Waals surface area contributed by atoms with Gasteiger partial charge in [-0.15, -0.1) is 0 Å². The van der Waals surface area contributed by atoms with Gasteiger partial charge >= 0.3 is 0 Å². The van der Waals surface area contributed by atoms with Crippen LogP contribution in [0.1, 0.15) is 15.9 Å². The maximum absolute atomic E-state index is 13.5. The average Bonchev–Trinajstić information content (AvgIpc) is 2.39. The predicted octanol–water partition coefficient (Wildman–Crippen LogP) is 3.76. The molecule has 0 aromatic heterocycles. The van der Waals surface area contributed by atoms with Gasteiger partial charge in [0.1, 0.15) is 11.6 Å². The van der Waals surface area contributed by atoms with Gasteiger partial charge in [0.25, 0.3) is 5.91 Å². The Balaban J connectivity index is 2.26. The first kappa shape index (κ1) is 14.3. The van der Waals surface area contributed by atoms with Crippen LogP contribution in [0.2, 0.25) is 5.02 Å². The Bertz CT molecular complexity index is 666. The summed E-state index contributed by atoms with van der Waals surface area (Å²) in [6.07, 6.45) is 0. The summed E-state index contributed by atoms with van der Waals surface area (Å²) in [6, 6.07) is 6.27. The minimum Gasteiger partial charge on any atom is -0.398 e. The van der Waals surface area contributed by atoms with Crippen LogP contribution < -0.4 is 11.1 Å². The van der Waals surface area contributed by atoms with E-state index in [0.717, 1.165) is 12.1 Å². The molecule has 0 saturated carbocycles. The van der Waals surface area contributed by atoms with Crippen LogP contribution in [-0.4, -0.2) is 5.91 Å². The lowest BCUT2D eigenvalue weighted by Crippen LogP contribution is -2.13. The Kier molecular flexibility index (Phi) is 3.90. The number of hydrogen-bond donors (Lipinski definition) is 2. The van der Waals surface area contributed by atoms with E-state index in [-0.39, 0.29) is 27.5 Å². The number of amides is 1. The highest BCUT2D eigenvalue weighted by molar-refractivity contribution is 6.30. The Hall–Kier alpha value is -2.14. The van der Waals surface area contributed by atoms with Crippen molar-refractivity contribution < 1.29 is 13.6 Å². The normalized spacial score (nSPS) is 10.4. The molecule has 0 heterocycles. The maximum Gasteiger partial charge on any atom is 0.255 e. The number of rotatable bonds is 2. The summed E-state index contributed by atoms with van der Waals surface area (Å²) in [4.78, 5) is 11.9. The molecule has 2 aromatic carbocycles. The minimum absolute atomic E-state index is 0.0476. The van der Waals surface area contributed by atoms with Crippen LogP contribution in [0, 0.1) is 18.6 Å². The molecule has 20 heavy (non-hydrogen) atoms. The Morgan fingerprint density at radius 2 is 1.90 bits per heavy atom. The molecule has 0 bridgehead atoms. The number of nitrogens with two attached hydrogens (primary N) is 1. The maximum atomic E-state index is 13.5. The van der Waals surface area contributed by atoms with Gasteiger partial charge in [-0.1, -0.05) is 11.6 Å². The van der Waals surface area contributed by atoms with Crippen molar-refractivity contribution in [3.8, 4) is 0 Å². The molecular weight excluding hydrogens is 286 g/mol. The van der Waals surface area contributed by atoms with E-state index in [0.29, 0.717) is 0 Å². The molecule has 0 spiro atoms. The summed E-state index contributed by atoms with van der Waals surface area (Å²) in [5, 5.41) is 2.39. The number of carbonyl (C=O) groups is 1. The number of nitrogens with one attached hydrogen (secondary N) is 1. The molecule has 0 atom stereocenters. The molecule has 0 radical (unpaired) electrons. The van der Waals surface area contributed by atoms with E-state index < -0.39 is 17.5 Å². The van der Waals surface area contributed by atoms with Crippen molar-refractivity contribution in [1.82, 2.24) is 0 Å². The van der Waals surface area contributed by atoms with Crippen molar-refractivity contribution in [1.29, 1.82) is 0 Å². The van der Waals surface area contributed by atoms with Gasteiger partial charge in [0.05, 0.1) is 5.02 Å².